The van der Waals surface area contributed by atoms with Gasteiger partial charge in [0, 0.05) is 0 Å². The number of allylic oxidation sites excluding steroid dienone is 3. The number of carbonyl (C=O) groups is 3. The Bertz CT molecular complexity index is 379. The van der Waals surface area contributed by atoms with Gasteiger partial charge in [-0.25, -0.2) is 0 Å². The highest BCUT2D eigenvalue weighted by Gasteiger charge is 2.27. The van der Waals surface area contributed by atoms with Crippen molar-refractivity contribution in [2.24, 2.45) is 0 Å². The first kappa shape index (κ1) is 11.7. The van der Waals surface area contributed by atoms with Crippen molar-refractivity contribution in [2.75, 3.05) is 12.5 Å². The Hall–Kier alpha value is -1.42. The summed E-state index contributed by atoms with van der Waals surface area (Å²) in [4.78, 5) is 33.8. The summed E-state index contributed by atoms with van der Waals surface area (Å²) in [6.45, 7) is 1.30. The zero-order valence-electron chi connectivity index (χ0n) is 8.08. The van der Waals surface area contributed by atoms with E-state index in [1.807, 2.05) is 0 Å². The average molecular weight is 229 g/mol. The van der Waals surface area contributed by atoms with E-state index in [0.717, 1.165) is 12.2 Å². The molecule has 0 aromatic carbocycles. The van der Waals surface area contributed by atoms with E-state index in [-0.39, 0.29) is 23.8 Å². The number of hydrogen-bond acceptors (Lipinski definition) is 4. The molecule has 0 N–H and O–H groups in total. The lowest BCUT2D eigenvalue weighted by molar-refractivity contribution is -0.122. The lowest BCUT2D eigenvalue weighted by Gasteiger charge is -2.12. The van der Waals surface area contributed by atoms with Crippen molar-refractivity contribution in [3.05, 3.63) is 23.5 Å². The van der Waals surface area contributed by atoms with Crippen LogP contribution in [0.5, 0.6) is 0 Å². The summed E-state index contributed by atoms with van der Waals surface area (Å²) in [5.41, 5.74) is -0.201. The summed E-state index contributed by atoms with van der Waals surface area (Å²) in [5.74, 6) is -1.49. The summed E-state index contributed by atoms with van der Waals surface area (Å²) in [5, 5.41) is 0. The van der Waals surface area contributed by atoms with Crippen molar-refractivity contribution in [3.8, 4) is 0 Å². The molecule has 4 nitrogen and oxygen atoms in total. The Labute approximate surface area is 91.5 Å². The Morgan fingerprint density at radius 1 is 1.33 bits per heavy atom. The van der Waals surface area contributed by atoms with Crippen LogP contribution < -0.4 is 0 Å². The molecule has 0 saturated heterocycles. The first-order valence-corrected chi connectivity index (χ1v) is 4.82. The van der Waals surface area contributed by atoms with E-state index >= 15 is 0 Å². The maximum Gasteiger partial charge on any atom is 0.221 e. The highest BCUT2D eigenvalue weighted by atomic mass is 35.5. The van der Waals surface area contributed by atoms with Crippen molar-refractivity contribution in [1.29, 1.82) is 0 Å². The fourth-order valence-corrected chi connectivity index (χ4v) is 1.24. The third-order valence-corrected chi connectivity index (χ3v) is 1.91. The van der Waals surface area contributed by atoms with E-state index in [4.69, 9.17) is 16.3 Å². The molecule has 80 valence electrons. The number of Topliss-reactive ketones (excluding diaryl/α,β-unsaturated/α-hetero) is 1. The second-order valence-electron chi connectivity index (χ2n) is 2.86. The van der Waals surface area contributed by atoms with Gasteiger partial charge in [0.15, 0.2) is 17.3 Å². The first-order chi connectivity index (χ1) is 7.07. The number of alkyl halides is 1. The maximum absolute atomic E-state index is 11.3. The van der Waals surface area contributed by atoms with Gasteiger partial charge in [-0.3, -0.25) is 14.4 Å². The summed E-state index contributed by atoms with van der Waals surface area (Å²) in [6.07, 6.45) is 2.14. The molecule has 0 heterocycles. The predicted octanol–water partition coefficient (Wildman–Crippen LogP) is 0.793. The van der Waals surface area contributed by atoms with Gasteiger partial charge in [0.25, 0.3) is 0 Å². The Morgan fingerprint density at radius 2 is 1.93 bits per heavy atom. The number of hydrogen-bond donors (Lipinski definition) is 0. The molecule has 0 aromatic heterocycles. The molecule has 1 rings (SSSR count). The van der Waals surface area contributed by atoms with E-state index < -0.39 is 17.3 Å². The third kappa shape index (κ3) is 2.53. The maximum atomic E-state index is 11.3. The minimum absolute atomic E-state index is 0.0839. The zero-order valence-corrected chi connectivity index (χ0v) is 8.84. The molecule has 0 bridgehead atoms. The molecule has 0 aromatic rings. The van der Waals surface area contributed by atoms with E-state index in [2.05, 4.69) is 0 Å². The van der Waals surface area contributed by atoms with E-state index in [9.17, 15) is 14.4 Å². The van der Waals surface area contributed by atoms with Crippen LogP contribution in [-0.4, -0.2) is 29.8 Å². The molecule has 0 radical (unpaired) electrons. The molecule has 0 fully saturated rings. The quantitative estimate of drug-likeness (QED) is 0.406. The van der Waals surface area contributed by atoms with Crippen molar-refractivity contribution >= 4 is 29.0 Å². The lowest BCUT2D eigenvalue weighted by Crippen LogP contribution is -2.21. The van der Waals surface area contributed by atoms with E-state index in [1.165, 1.54) is 6.92 Å². The first-order valence-electron chi connectivity index (χ1n) is 4.28. The third-order valence-electron chi connectivity index (χ3n) is 1.76. The molecule has 0 atom stereocenters. The fraction of sp³-hybridized carbons (Fsp3) is 0.300. The lowest BCUT2D eigenvalue weighted by atomic mass is 9.99. The van der Waals surface area contributed by atoms with Gasteiger partial charge in [-0.05, 0) is 19.1 Å². The second kappa shape index (κ2) is 4.89. The average Bonchev–Trinajstić information content (AvgIpc) is 2.18. The van der Waals surface area contributed by atoms with Gasteiger partial charge >= 0.3 is 0 Å². The van der Waals surface area contributed by atoms with Crippen LogP contribution in [0.25, 0.3) is 0 Å². The standard InChI is InChI=1S/C10H9ClO4/c1-6(12)9-7(13)2-3-8(14)10(9)15-5-4-11/h2-3H,4-5H2,1H3. The van der Waals surface area contributed by atoms with Crippen molar-refractivity contribution in [2.45, 2.75) is 6.92 Å². The van der Waals surface area contributed by atoms with Gasteiger partial charge in [-0.15, -0.1) is 11.6 Å². The molecular formula is C10H9ClO4. The molecule has 15 heavy (non-hydrogen) atoms. The van der Waals surface area contributed by atoms with Crippen LogP contribution >= 0.6 is 11.6 Å². The zero-order chi connectivity index (χ0) is 11.4. The topological polar surface area (TPSA) is 60.4 Å². The van der Waals surface area contributed by atoms with Gasteiger partial charge in [0.05, 0.1) is 5.88 Å². The minimum Gasteiger partial charge on any atom is -0.487 e. The van der Waals surface area contributed by atoms with Crippen molar-refractivity contribution in [1.82, 2.24) is 0 Å². The normalized spacial score (nSPS) is 15.9. The van der Waals surface area contributed by atoms with E-state index in [0.29, 0.717) is 0 Å². The summed E-state index contributed by atoms with van der Waals surface area (Å²) in [6, 6.07) is 0. The van der Waals surface area contributed by atoms with Crippen LogP contribution in [0.4, 0.5) is 0 Å². The number of halogens is 1. The van der Waals surface area contributed by atoms with Gasteiger partial charge in [0.1, 0.15) is 12.2 Å². The fourth-order valence-electron chi connectivity index (χ4n) is 1.16. The van der Waals surface area contributed by atoms with Gasteiger partial charge in [-0.1, -0.05) is 0 Å². The molecule has 1 aliphatic carbocycles. The number of ketones is 3. The Balaban J connectivity index is 3.08. The smallest absolute Gasteiger partial charge is 0.221 e. The van der Waals surface area contributed by atoms with Crippen LogP contribution in [0, 0.1) is 0 Å². The van der Waals surface area contributed by atoms with Crippen molar-refractivity contribution in [3.63, 3.8) is 0 Å². The summed E-state index contributed by atoms with van der Waals surface area (Å²) in [7, 11) is 0. The van der Waals surface area contributed by atoms with Crippen molar-refractivity contribution < 1.29 is 19.1 Å². The van der Waals surface area contributed by atoms with E-state index in [1.54, 1.807) is 0 Å². The largest absolute Gasteiger partial charge is 0.487 e. The van der Waals surface area contributed by atoms with Crippen LogP contribution in [0.15, 0.2) is 23.5 Å². The van der Waals surface area contributed by atoms with Crippen LogP contribution in [-0.2, 0) is 19.1 Å². The molecule has 0 unspecified atom stereocenters. The molecule has 0 spiro atoms. The molecule has 0 saturated carbocycles. The van der Waals surface area contributed by atoms with Gasteiger partial charge < -0.3 is 4.74 Å². The van der Waals surface area contributed by atoms with Crippen LogP contribution in [0.2, 0.25) is 0 Å². The Morgan fingerprint density at radius 3 is 2.47 bits per heavy atom. The van der Waals surface area contributed by atoms with Gasteiger partial charge in [0.2, 0.25) is 5.78 Å². The highest BCUT2D eigenvalue weighted by Crippen LogP contribution is 2.16. The molecule has 5 heteroatoms. The van der Waals surface area contributed by atoms with Gasteiger partial charge in [-0.2, -0.15) is 0 Å². The number of rotatable bonds is 4. The molecule has 1 aliphatic rings. The molecule has 0 aliphatic heterocycles. The minimum atomic E-state index is -0.508. The summed E-state index contributed by atoms with van der Waals surface area (Å²) >= 11 is 5.39. The van der Waals surface area contributed by atoms with Crippen LogP contribution in [0.1, 0.15) is 6.92 Å². The predicted molar refractivity (Wildman–Crippen MR) is 53.5 cm³/mol. The number of ether oxygens (including phenoxy) is 1. The monoisotopic (exact) mass is 228 g/mol. The SMILES string of the molecule is CC(=O)C1=C(OCCCl)C(=O)C=CC1=O. The molecule has 0 amide bonds. The Kier molecular flexibility index (Phi) is 3.80. The highest BCUT2D eigenvalue weighted by molar-refractivity contribution is 6.31. The molecular weight excluding hydrogens is 220 g/mol. The number of carbonyl (C=O) groups excluding carboxylic acids is 3. The second-order valence-corrected chi connectivity index (χ2v) is 3.24. The summed E-state index contributed by atoms with van der Waals surface area (Å²) < 4.78 is 4.99. The van der Waals surface area contributed by atoms with Crippen LogP contribution in [0.3, 0.4) is 0 Å².